The molecule has 0 saturated heterocycles. The summed E-state index contributed by atoms with van der Waals surface area (Å²) < 4.78 is 5.09. The van der Waals surface area contributed by atoms with E-state index in [1.807, 2.05) is 12.1 Å². The van der Waals surface area contributed by atoms with Gasteiger partial charge in [-0.25, -0.2) is 0 Å². The summed E-state index contributed by atoms with van der Waals surface area (Å²) in [6, 6.07) is 7.32. The molecule has 1 aromatic rings. The Labute approximate surface area is 104 Å². The highest BCUT2D eigenvalue weighted by molar-refractivity contribution is 6.83. The number of ether oxygens (including phenoxy) is 1. The Morgan fingerprint density at radius 3 is 2.29 bits per heavy atom. The lowest BCUT2D eigenvalue weighted by Crippen LogP contribution is -2.16. The first kappa shape index (κ1) is 13.5. The van der Waals surface area contributed by atoms with Crippen molar-refractivity contribution in [2.75, 3.05) is 0 Å². The average molecular weight is 246 g/mol. The maximum absolute atomic E-state index is 11.1. The van der Waals surface area contributed by atoms with E-state index in [2.05, 4.69) is 31.1 Å². The number of carbonyl (C=O) groups is 1. The van der Waals surface area contributed by atoms with Crippen molar-refractivity contribution < 1.29 is 9.53 Å². The molecule has 2 nitrogen and oxygen atoms in total. The predicted molar refractivity (Wildman–Crippen MR) is 72.6 cm³/mol. The maximum atomic E-state index is 11.1. The van der Waals surface area contributed by atoms with Crippen LogP contribution in [0.5, 0.6) is 5.75 Å². The molecule has 3 heteroatoms. The fourth-order valence-corrected chi connectivity index (χ4v) is 1.59. The van der Waals surface area contributed by atoms with Crippen LogP contribution in [0.3, 0.4) is 0 Å². The molecule has 0 aliphatic rings. The minimum atomic E-state index is -1.33. The number of benzene rings is 1. The van der Waals surface area contributed by atoms with Gasteiger partial charge in [-0.1, -0.05) is 32.5 Å². The van der Waals surface area contributed by atoms with Gasteiger partial charge in [-0.15, -0.1) is 5.54 Å². The lowest BCUT2D eigenvalue weighted by Gasteiger charge is -2.04. The Balaban J connectivity index is 2.74. The Bertz CT molecular complexity index is 444. The van der Waals surface area contributed by atoms with E-state index in [0.717, 1.165) is 5.56 Å². The van der Waals surface area contributed by atoms with Crippen molar-refractivity contribution in [3.05, 3.63) is 29.8 Å². The monoisotopic (exact) mass is 246 g/mol. The second-order valence-corrected chi connectivity index (χ2v) is 9.60. The molecule has 17 heavy (non-hydrogen) atoms. The normalized spacial score (nSPS) is 10.4. The van der Waals surface area contributed by atoms with Crippen LogP contribution in [0.1, 0.15) is 18.9 Å². The molecule has 0 saturated carbocycles. The molecule has 1 aromatic carbocycles. The van der Waals surface area contributed by atoms with Crippen LogP contribution in [0, 0.1) is 11.5 Å². The second kappa shape index (κ2) is 5.69. The van der Waals surface area contributed by atoms with E-state index >= 15 is 0 Å². The van der Waals surface area contributed by atoms with E-state index in [9.17, 15) is 4.79 Å². The third-order valence-corrected chi connectivity index (χ3v) is 2.83. The molecule has 0 unspecified atom stereocenters. The van der Waals surface area contributed by atoms with Crippen LogP contribution in [-0.4, -0.2) is 14.0 Å². The molecule has 0 amide bonds. The van der Waals surface area contributed by atoms with Crippen LogP contribution < -0.4 is 4.74 Å². The number of carbonyl (C=O) groups excluding carboxylic acids is 1. The third kappa shape index (κ3) is 5.37. The Morgan fingerprint density at radius 2 is 1.82 bits per heavy atom. The first-order valence-corrected chi connectivity index (χ1v) is 9.24. The van der Waals surface area contributed by atoms with Gasteiger partial charge in [0.1, 0.15) is 13.8 Å². The minimum absolute atomic E-state index is 0.217. The van der Waals surface area contributed by atoms with Gasteiger partial charge < -0.3 is 4.74 Å². The average Bonchev–Trinajstić information content (AvgIpc) is 2.27. The standard InChI is InChI=1S/C14H18O2Si/c1-5-14(15)16-13-8-6-12(7-9-13)10-11-17(2,3)4/h6-9H,5H2,1-4H3. The summed E-state index contributed by atoms with van der Waals surface area (Å²) in [6.45, 7) is 8.39. The van der Waals surface area contributed by atoms with E-state index in [4.69, 9.17) is 4.74 Å². The Hall–Kier alpha value is -1.53. The largest absolute Gasteiger partial charge is 0.427 e. The summed E-state index contributed by atoms with van der Waals surface area (Å²) in [4.78, 5) is 11.1. The van der Waals surface area contributed by atoms with Crippen molar-refractivity contribution in [2.24, 2.45) is 0 Å². The lowest BCUT2D eigenvalue weighted by molar-refractivity contribution is -0.134. The van der Waals surface area contributed by atoms with Gasteiger partial charge in [-0.05, 0) is 24.3 Å². The predicted octanol–water partition coefficient (Wildman–Crippen LogP) is 3.23. The van der Waals surface area contributed by atoms with E-state index < -0.39 is 8.07 Å². The Morgan fingerprint density at radius 1 is 1.24 bits per heavy atom. The highest BCUT2D eigenvalue weighted by atomic mass is 28.3. The molecule has 90 valence electrons. The quantitative estimate of drug-likeness (QED) is 0.346. The van der Waals surface area contributed by atoms with Crippen LogP contribution in [-0.2, 0) is 4.79 Å². The molecule has 0 N–H and O–H groups in total. The van der Waals surface area contributed by atoms with Crippen molar-refractivity contribution in [1.82, 2.24) is 0 Å². The van der Waals surface area contributed by atoms with Gasteiger partial charge in [0, 0.05) is 12.0 Å². The summed E-state index contributed by atoms with van der Waals surface area (Å²) in [6.07, 6.45) is 0.386. The summed E-state index contributed by atoms with van der Waals surface area (Å²) in [7, 11) is -1.33. The molecular weight excluding hydrogens is 228 g/mol. The molecule has 0 aliphatic carbocycles. The van der Waals surface area contributed by atoms with Crippen LogP contribution >= 0.6 is 0 Å². The zero-order valence-electron chi connectivity index (χ0n) is 10.8. The zero-order valence-corrected chi connectivity index (χ0v) is 11.8. The number of hydrogen-bond acceptors (Lipinski definition) is 2. The first-order valence-electron chi connectivity index (χ1n) is 5.74. The summed E-state index contributed by atoms with van der Waals surface area (Å²) in [5.74, 6) is 3.51. The molecule has 0 spiro atoms. The fourth-order valence-electron chi connectivity index (χ4n) is 1.07. The zero-order chi connectivity index (χ0) is 12.9. The first-order chi connectivity index (χ1) is 7.90. The Kier molecular flexibility index (Phi) is 4.53. The SMILES string of the molecule is CCC(=O)Oc1ccc(C#C[Si](C)(C)C)cc1. The summed E-state index contributed by atoms with van der Waals surface area (Å²) >= 11 is 0. The van der Waals surface area contributed by atoms with Crippen LogP contribution in [0.25, 0.3) is 0 Å². The number of rotatable bonds is 2. The van der Waals surface area contributed by atoms with E-state index in [1.54, 1.807) is 19.1 Å². The van der Waals surface area contributed by atoms with Crippen molar-refractivity contribution >= 4 is 14.0 Å². The van der Waals surface area contributed by atoms with Crippen molar-refractivity contribution in [1.29, 1.82) is 0 Å². The van der Waals surface area contributed by atoms with Gasteiger partial charge in [0.15, 0.2) is 0 Å². The smallest absolute Gasteiger partial charge is 0.310 e. The van der Waals surface area contributed by atoms with E-state index in [-0.39, 0.29) is 5.97 Å². The van der Waals surface area contributed by atoms with Gasteiger partial charge in [0.05, 0.1) is 0 Å². The molecular formula is C14H18O2Si. The molecule has 0 atom stereocenters. The summed E-state index contributed by atoms with van der Waals surface area (Å²) in [5.41, 5.74) is 4.25. The van der Waals surface area contributed by atoms with Crippen molar-refractivity contribution in [3.63, 3.8) is 0 Å². The number of esters is 1. The van der Waals surface area contributed by atoms with Gasteiger partial charge in [0.2, 0.25) is 0 Å². The fraction of sp³-hybridized carbons (Fsp3) is 0.357. The second-order valence-electron chi connectivity index (χ2n) is 4.85. The molecule has 0 radical (unpaired) electrons. The maximum Gasteiger partial charge on any atom is 0.310 e. The van der Waals surface area contributed by atoms with Gasteiger partial charge >= 0.3 is 5.97 Å². The van der Waals surface area contributed by atoms with Crippen LogP contribution in [0.4, 0.5) is 0 Å². The molecule has 0 bridgehead atoms. The molecule has 0 aromatic heterocycles. The number of hydrogen-bond donors (Lipinski definition) is 0. The lowest BCUT2D eigenvalue weighted by atomic mass is 10.2. The minimum Gasteiger partial charge on any atom is -0.427 e. The third-order valence-electron chi connectivity index (χ3n) is 1.96. The van der Waals surface area contributed by atoms with Crippen LogP contribution in [0.2, 0.25) is 19.6 Å². The van der Waals surface area contributed by atoms with E-state index in [1.165, 1.54) is 0 Å². The highest BCUT2D eigenvalue weighted by Crippen LogP contribution is 2.12. The van der Waals surface area contributed by atoms with Gasteiger partial charge in [-0.3, -0.25) is 4.79 Å². The van der Waals surface area contributed by atoms with E-state index in [0.29, 0.717) is 12.2 Å². The van der Waals surface area contributed by atoms with Crippen molar-refractivity contribution in [3.8, 4) is 17.2 Å². The summed E-state index contributed by atoms with van der Waals surface area (Å²) in [5, 5.41) is 0. The molecule has 1 rings (SSSR count). The highest BCUT2D eigenvalue weighted by Gasteiger charge is 2.07. The topological polar surface area (TPSA) is 26.3 Å². The van der Waals surface area contributed by atoms with Crippen LogP contribution in [0.15, 0.2) is 24.3 Å². The molecule has 0 heterocycles. The van der Waals surface area contributed by atoms with Gasteiger partial charge in [0.25, 0.3) is 0 Å². The molecule has 0 aliphatic heterocycles. The van der Waals surface area contributed by atoms with Crippen molar-refractivity contribution in [2.45, 2.75) is 33.0 Å². The van der Waals surface area contributed by atoms with Gasteiger partial charge in [-0.2, -0.15) is 0 Å². The molecule has 0 fully saturated rings.